The summed E-state index contributed by atoms with van der Waals surface area (Å²) in [6, 6.07) is 23.2. The number of carbonyl (C=O) groups excluding carboxylic acids is 1. The van der Waals surface area contributed by atoms with Crippen molar-refractivity contribution in [2.45, 2.75) is 19.5 Å². The Hall–Kier alpha value is -3.32. The maximum Gasteiger partial charge on any atom is 0.337 e. The van der Waals surface area contributed by atoms with Crippen LogP contribution in [0.25, 0.3) is 11.0 Å². The van der Waals surface area contributed by atoms with Gasteiger partial charge >= 0.3 is 5.97 Å². The summed E-state index contributed by atoms with van der Waals surface area (Å²) in [4.78, 5) is 11.5. The van der Waals surface area contributed by atoms with Crippen LogP contribution >= 0.6 is 15.9 Å². The lowest BCUT2D eigenvalue weighted by Gasteiger charge is -2.08. The third-order valence-electron chi connectivity index (χ3n) is 5.27. The quantitative estimate of drug-likeness (QED) is 0.277. The maximum atomic E-state index is 11.5. The Kier molecular flexibility index (Phi) is 6.75. The van der Waals surface area contributed by atoms with Crippen LogP contribution in [-0.2, 0) is 17.8 Å². The standard InChI is InChI=1S/C25H24BrN3O3/c1-31-24(30)19-10-12-21(13-11-19)32-15-5-14-28-22-8-2-3-9-23(22)29(25(28)27)17-18-6-4-7-20(26)16-18/h2-4,6-13,16,27H,5,14-15,17H2,1H3. The van der Waals surface area contributed by atoms with E-state index in [1.807, 2.05) is 33.4 Å². The summed E-state index contributed by atoms with van der Waals surface area (Å²) in [5, 5.41) is 8.79. The van der Waals surface area contributed by atoms with Gasteiger partial charge in [0.1, 0.15) is 5.75 Å². The minimum atomic E-state index is -0.366. The van der Waals surface area contributed by atoms with Crippen LogP contribution in [-0.4, -0.2) is 28.8 Å². The zero-order valence-corrected chi connectivity index (χ0v) is 19.3. The number of methoxy groups -OCH3 is 1. The number of nitrogens with zero attached hydrogens (tertiary/aromatic N) is 2. The van der Waals surface area contributed by atoms with Gasteiger partial charge in [-0.15, -0.1) is 0 Å². The summed E-state index contributed by atoms with van der Waals surface area (Å²) in [5.74, 6) is 0.334. The first-order chi connectivity index (χ1) is 15.6. The predicted octanol–water partition coefficient (Wildman–Crippen LogP) is 4.99. The van der Waals surface area contributed by atoms with Gasteiger partial charge in [-0.25, -0.2) is 4.79 Å². The number of imidazole rings is 1. The van der Waals surface area contributed by atoms with Gasteiger partial charge in [0.25, 0.3) is 0 Å². The van der Waals surface area contributed by atoms with Crippen molar-refractivity contribution in [3.63, 3.8) is 0 Å². The number of nitrogens with one attached hydrogen (secondary N) is 1. The number of benzene rings is 3. The fraction of sp³-hybridized carbons (Fsp3) is 0.200. The van der Waals surface area contributed by atoms with Gasteiger partial charge < -0.3 is 18.6 Å². The van der Waals surface area contributed by atoms with E-state index in [-0.39, 0.29) is 5.97 Å². The fourth-order valence-corrected chi connectivity index (χ4v) is 4.16. The van der Waals surface area contributed by atoms with Crippen molar-refractivity contribution in [1.29, 1.82) is 5.41 Å². The Morgan fingerprint density at radius 3 is 2.38 bits per heavy atom. The van der Waals surface area contributed by atoms with E-state index in [1.54, 1.807) is 24.3 Å². The predicted molar refractivity (Wildman–Crippen MR) is 127 cm³/mol. The average Bonchev–Trinajstić information content (AvgIpc) is 3.07. The average molecular weight is 494 g/mol. The van der Waals surface area contributed by atoms with Gasteiger partial charge in [-0.05, 0) is 60.5 Å². The molecule has 32 heavy (non-hydrogen) atoms. The highest BCUT2D eigenvalue weighted by molar-refractivity contribution is 9.10. The van der Waals surface area contributed by atoms with Gasteiger partial charge in [-0.2, -0.15) is 0 Å². The van der Waals surface area contributed by atoms with Crippen LogP contribution in [0.3, 0.4) is 0 Å². The molecule has 1 aromatic heterocycles. The molecule has 0 aliphatic carbocycles. The molecule has 0 radical (unpaired) electrons. The summed E-state index contributed by atoms with van der Waals surface area (Å²) in [7, 11) is 1.36. The summed E-state index contributed by atoms with van der Waals surface area (Å²) in [5.41, 5.74) is 4.17. The van der Waals surface area contributed by atoms with Crippen LogP contribution in [0.2, 0.25) is 0 Å². The summed E-state index contributed by atoms with van der Waals surface area (Å²) >= 11 is 3.53. The molecule has 0 amide bonds. The molecule has 7 heteroatoms. The fourth-order valence-electron chi connectivity index (χ4n) is 3.72. The molecule has 164 valence electrons. The van der Waals surface area contributed by atoms with Crippen molar-refractivity contribution in [3.05, 3.63) is 94.0 Å². The number of ether oxygens (including phenoxy) is 2. The molecular formula is C25H24BrN3O3. The lowest BCUT2D eigenvalue weighted by atomic mass is 10.2. The molecule has 3 aromatic carbocycles. The molecule has 0 unspecified atom stereocenters. The molecule has 0 atom stereocenters. The number of halogens is 1. The third kappa shape index (κ3) is 4.78. The first-order valence-electron chi connectivity index (χ1n) is 10.3. The summed E-state index contributed by atoms with van der Waals surface area (Å²) in [6.45, 7) is 1.81. The minimum absolute atomic E-state index is 0.366. The van der Waals surface area contributed by atoms with Crippen molar-refractivity contribution in [2.24, 2.45) is 0 Å². The van der Waals surface area contributed by atoms with Gasteiger partial charge in [-0.1, -0.05) is 40.2 Å². The first kappa shape index (κ1) is 21.9. The van der Waals surface area contributed by atoms with Gasteiger partial charge in [0.2, 0.25) is 5.62 Å². The Morgan fingerprint density at radius 2 is 1.69 bits per heavy atom. The summed E-state index contributed by atoms with van der Waals surface area (Å²) < 4.78 is 15.6. The third-order valence-corrected chi connectivity index (χ3v) is 5.77. The number of aryl methyl sites for hydroxylation is 1. The van der Waals surface area contributed by atoms with Crippen LogP contribution in [0.5, 0.6) is 5.75 Å². The van der Waals surface area contributed by atoms with Gasteiger partial charge in [0, 0.05) is 11.0 Å². The van der Waals surface area contributed by atoms with E-state index in [1.165, 1.54) is 7.11 Å². The van der Waals surface area contributed by atoms with Crippen LogP contribution in [0, 0.1) is 5.41 Å². The van der Waals surface area contributed by atoms with E-state index in [4.69, 9.17) is 14.9 Å². The van der Waals surface area contributed by atoms with E-state index in [9.17, 15) is 4.79 Å². The Labute approximate surface area is 194 Å². The molecule has 0 aliphatic rings. The number of rotatable bonds is 8. The molecule has 4 aromatic rings. The lowest BCUT2D eigenvalue weighted by molar-refractivity contribution is 0.0600. The highest BCUT2D eigenvalue weighted by atomic mass is 79.9. The monoisotopic (exact) mass is 493 g/mol. The molecule has 4 rings (SSSR count). The van der Waals surface area contributed by atoms with Crippen LogP contribution < -0.4 is 10.4 Å². The minimum Gasteiger partial charge on any atom is -0.494 e. The van der Waals surface area contributed by atoms with Crippen LogP contribution in [0.1, 0.15) is 22.3 Å². The number of fused-ring (bicyclic) bond motifs is 1. The molecule has 1 N–H and O–H groups in total. The van der Waals surface area contributed by atoms with E-state index >= 15 is 0 Å². The van der Waals surface area contributed by atoms with Gasteiger partial charge in [0.15, 0.2) is 0 Å². The molecule has 0 saturated heterocycles. The first-order valence-corrected chi connectivity index (χ1v) is 11.1. The molecule has 1 heterocycles. The Bertz CT molecular complexity index is 1290. The van der Waals surface area contributed by atoms with E-state index < -0.39 is 0 Å². The number of carbonyl (C=O) groups is 1. The zero-order valence-electron chi connectivity index (χ0n) is 17.8. The molecule has 0 bridgehead atoms. The number of hydrogen-bond donors (Lipinski definition) is 1. The number of aromatic nitrogens is 2. The van der Waals surface area contributed by atoms with Crippen molar-refractivity contribution in [2.75, 3.05) is 13.7 Å². The smallest absolute Gasteiger partial charge is 0.337 e. The van der Waals surface area contributed by atoms with Crippen LogP contribution in [0.4, 0.5) is 0 Å². The van der Waals surface area contributed by atoms with Gasteiger partial charge in [0.05, 0.1) is 36.9 Å². The lowest BCUT2D eigenvalue weighted by Crippen LogP contribution is -2.25. The maximum absolute atomic E-state index is 11.5. The Balaban J connectivity index is 1.46. The topological polar surface area (TPSA) is 69.2 Å². The van der Waals surface area contributed by atoms with Gasteiger partial charge in [-0.3, -0.25) is 5.41 Å². The molecule has 0 fully saturated rings. The second kappa shape index (κ2) is 9.87. The number of hydrogen-bond acceptors (Lipinski definition) is 4. The van der Waals surface area contributed by atoms with E-state index in [2.05, 4.69) is 40.2 Å². The SMILES string of the molecule is COC(=O)c1ccc(OCCCn2c(=N)n(Cc3cccc(Br)c3)c3ccccc32)cc1. The second-order valence-electron chi connectivity index (χ2n) is 7.40. The highest BCUT2D eigenvalue weighted by Gasteiger charge is 2.11. The van der Waals surface area contributed by atoms with Crippen molar-refractivity contribution in [1.82, 2.24) is 9.13 Å². The second-order valence-corrected chi connectivity index (χ2v) is 8.31. The molecule has 0 aliphatic heterocycles. The molecular weight excluding hydrogens is 470 g/mol. The van der Waals surface area contributed by atoms with Crippen molar-refractivity contribution < 1.29 is 14.3 Å². The highest BCUT2D eigenvalue weighted by Crippen LogP contribution is 2.18. The van der Waals surface area contributed by atoms with E-state index in [0.29, 0.717) is 36.6 Å². The summed E-state index contributed by atoms with van der Waals surface area (Å²) in [6.07, 6.45) is 0.750. The largest absolute Gasteiger partial charge is 0.494 e. The normalized spacial score (nSPS) is 10.9. The van der Waals surface area contributed by atoms with Crippen LogP contribution in [0.15, 0.2) is 77.3 Å². The molecule has 0 spiro atoms. The zero-order chi connectivity index (χ0) is 22.5. The number of esters is 1. The molecule has 0 saturated carbocycles. The van der Waals surface area contributed by atoms with Crippen molar-refractivity contribution in [3.8, 4) is 5.75 Å². The van der Waals surface area contributed by atoms with E-state index in [0.717, 1.165) is 27.5 Å². The van der Waals surface area contributed by atoms with Crippen molar-refractivity contribution >= 4 is 32.9 Å². The molecule has 6 nitrogen and oxygen atoms in total. The number of para-hydroxylation sites is 2. The Morgan fingerprint density at radius 1 is 0.969 bits per heavy atom.